The molecule has 1 aliphatic heterocycles. The minimum atomic E-state index is -0.376. The molecule has 1 aliphatic carbocycles. The van der Waals surface area contributed by atoms with E-state index in [1.165, 1.54) is 4.90 Å². The van der Waals surface area contributed by atoms with Crippen molar-refractivity contribution in [2.45, 2.75) is 18.4 Å². The van der Waals surface area contributed by atoms with E-state index in [0.29, 0.717) is 6.54 Å². The highest BCUT2D eigenvalue weighted by Gasteiger charge is 2.54. The Hall–Kier alpha value is -3.46. The number of fused-ring (bicyclic) bond motifs is 1. The van der Waals surface area contributed by atoms with Crippen molar-refractivity contribution in [3.63, 3.8) is 0 Å². The molecule has 0 saturated carbocycles. The summed E-state index contributed by atoms with van der Waals surface area (Å²) >= 11 is 0. The Kier molecular flexibility index (Phi) is 4.80. The van der Waals surface area contributed by atoms with Crippen LogP contribution in [-0.4, -0.2) is 16.7 Å². The monoisotopic (exact) mass is 393 g/mol. The zero-order chi connectivity index (χ0) is 20.5. The number of amides is 2. The summed E-state index contributed by atoms with van der Waals surface area (Å²) < 4.78 is 0. The van der Waals surface area contributed by atoms with Gasteiger partial charge in [-0.05, 0) is 16.7 Å². The molecule has 1 heterocycles. The fourth-order valence-electron chi connectivity index (χ4n) is 4.92. The third-order valence-electron chi connectivity index (χ3n) is 6.34. The summed E-state index contributed by atoms with van der Waals surface area (Å²) in [5, 5.41) is 0. The van der Waals surface area contributed by atoms with E-state index in [2.05, 4.69) is 12.2 Å². The van der Waals surface area contributed by atoms with Crippen LogP contribution < -0.4 is 0 Å². The van der Waals surface area contributed by atoms with Crippen LogP contribution in [0.3, 0.4) is 0 Å². The first-order chi connectivity index (χ1) is 14.7. The standard InChI is InChI=1S/C27H23NO2/c29-26-24-22(20-12-6-2-7-13-20)16-17-23(21-14-8-3-9-15-21)25(24)27(30)28(26)18-19-10-4-1-5-11-19/h1-17,22-25H,18H2/t22-,23+,24-,25-/m1/s1. The molecule has 30 heavy (non-hydrogen) atoms. The third kappa shape index (κ3) is 3.17. The maximum absolute atomic E-state index is 13.6. The maximum Gasteiger partial charge on any atom is 0.234 e. The van der Waals surface area contributed by atoms with Crippen LogP contribution in [0.5, 0.6) is 0 Å². The van der Waals surface area contributed by atoms with Gasteiger partial charge in [-0.25, -0.2) is 0 Å². The molecule has 0 spiro atoms. The molecular weight excluding hydrogens is 370 g/mol. The number of carbonyl (C=O) groups excluding carboxylic acids is 2. The van der Waals surface area contributed by atoms with Gasteiger partial charge in [-0.2, -0.15) is 0 Å². The Morgan fingerprint density at radius 1 is 0.567 bits per heavy atom. The van der Waals surface area contributed by atoms with E-state index in [9.17, 15) is 9.59 Å². The van der Waals surface area contributed by atoms with Gasteiger partial charge in [-0.15, -0.1) is 0 Å². The van der Waals surface area contributed by atoms with Gasteiger partial charge < -0.3 is 0 Å². The summed E-state index contributed by atoms with van der Waals surface area (Å²) in [5.41, 5.74) is 3.13. The minimum absolute atomic E-state index is 0.0620. The summed E-state index contributed by atoms with van der Waals surface area (Å²) in [6, 6.07) is 29.9. The maximum atomic E-state index is 13.6. The molecule has 3 heteroatoms. The first-order valence-electron chi connectivity index (χ1n) is 10.4. The van der Waals surface area contributed by atoms with Gasteiger partial charge >= 0.3 is 0 Å². The van der Waals surface area contributed by atoms with Crippen molar-refractivity contribution in [1.29, 1.82) is 0 Å². The summed E-state index contributed by atoms with van der Waals surface area (Å²) in [5.74, 6) is -1.06. The van der Waals surface area contributed by atoms with Gasteiger partial charge in [0, 0.05) is 11.8 Å². The molecule has 148 valence electrons. The van der Waals surface area contributed by atoms with E-state index in [-0.39, 0.29) is 35.5 Å². The lowest BCUT2D eigenvalue weighted by Gasteiger charge is -2.32. The van der Waals surface area contributed by atoms with Gasteiger partial charge in [-0.1, -0.05) is 103 Å². The molecule has 2 aliphatic rings. The Morgan fingerprint density at radius 2 is 0.967 bits per heavy atom. The van der Waals surface area contributed by atoms with Crippen LogP contribution in [0.4, 0.5) is 0 Å². The summed E-state index contributed by atoms with van der Waals surface area (Å²) in [7, 11) is 0. The molecule has 0 N–H and O–H groups in total. The molecule has 0 radical (unpaired) electrons. The van der Waals surface area contributed by atoms with Crippen LogP contribution in [0.1, 0.15) is 28.5 Å². The van der Waals surface area contributed by atoms with Crippen molar-refractivity contribution < 1.29 is 9.59 Å². The highest BCUT2D eigenvalue weighted by atomic mass is 16.2. The largest absolute Gasteiger partial charge is 0.278 e. The van der Waals surface area contributed by atoms with Crippen LogP contribution in [0.25, 0.3) is 0 Å². The van der Waals surface area contributed by atoms with Gasteiger partial charge in [0.05, 0.1) is 18.4 Å². The number of benzene rings is 3. The van der Waals surface area contributed by atoms with Crippen molar-refractivity contribution in [1.82, 2.24) is 4.90 Å². The number of imide groups is 1. The zero-order valence-electron chi connectivity index (χ0n) is 16.6. The van der Waals surface area contributed by atoms with E-state index in [1.54, 1.807) is 0 Å². The number of hydrogen-bond donors (Lipinski definition) is 0. The van der Waals surface area contributed by atoms with Gasteiger partial charge in [0.25, 0.3) is 0 Å². The van der Waals surface area contributed by atoms with Crippen LogP contribution >= 0.6 is 0 Å². The fraction of sp³-hybridized carbons (Fsp3) is 0.185. The van der Waals surface area contributed by atoms with E-state index in [1.807, 2.05) is 91.0 Å². The van der Waals surface area contributed by atoms with E-state index in [4.69, 9.17) is 0 Å². The molecule has 4 atom stereocenters. The fourth-order valence-corrected chi connectivity index (χ4v) is 4.92. The van der Waals surface area contributed by atoms with Crippen LogP contribution in [0, 0.1) is 11.8 Å². The van der Waals surface area contributed by atoms with Crippen molar-refractivity contribution >= 4 is 11.8 Å². The number of carbonyl (C=O) groups is 2. The Balaban J connectivity index is 1.57. The zero-order valence-corrected chi connectivity index (χ0v) is 16.6. The number of nitrogens with zero attached hydrogens (tertiary/aromatic N) is 1. The van der Waals surface area contributed by atoms with Crippen molar-refractivity contribution in [3.05, 3.63) is 120 Å². The average Bonchev–Trinajstić information content (AvgIpc) is 3.06. The Morgan fingerprint density at radius 3 is 1.40 bits per heavy atom. The van der Waals surface area contributed by atoms with Gasteiger partial charge in [0.1, 0.15) is 0 Å². The second-order valence-electron chi connectivity index (χ2n) is 8.06. The summed E-state index contributed by atoms with van der Waals surface area (Å²) in [6.07, 6.45) is 4.26. The molecule has 3 aromatic carbocycles. The molecule has 5 rings (SSSR count). The highest BCUT2D eigenvalue weighted by molar-refractivity contribution is 6.06. The van der Waals surface area contributed by atoms with Crippen LogP contribution in [-0.2, 0) is 16.1 Å². The summed E-state index contributed by atoms with van der Waals surface area (Å²) in [4.78, 5) is 28.6. The second-order valence-corrected chi connectivity index (χ2v) is 8.06. The topological polar surface area (TPSA) is 37.4 Å². The molecule has 1 saturated heterocycles. The molecule has 0 aromatic heterocycles. The number of hydrogen-bond acceptors (Lipinski definition) is 2. The lowest BCUT2D eigenvalue weighted by Crippen LogP contribution is -2.31. The molecular formula is C27H23NO2. The van der Waals surface area contributed by atoms with Crippen LogP contribution in [0.2, 0.25) is 0 Å². The first kappa shape index (κ1) is 18.6. The van der Waals surface area contributed by atoms with E-state index >= 15 is 0 Å². The lowest BCUT2D eigenvalue weighted by atomic mass is 9.68. The smallest absolute Gasteiger partial charge is 0.234 e. The number of rotatable bonds is 4. The van der Waals surface area contributed by atoms with Crippen molar-refractivity contribution in [3.8, 4) is 0 Å². The lowest BCUT2D eigenvalue weighted by molar-refractivity contribution is -0.140. The molecule has 2 amide bonds. The normalized spacial score (nSPS) is 25.4. The summed E-state index contributed by atoms with van der Waals surface area (Å²) in [6.45, 7) is 0.328. The first-order valence-corrected chi connectivity index (χ1v) is 10.4. The quantitative estimate of drug-likeness (QED) is 0.466. The molecule has 1 fully saturated rings. The van der Waals surface area contributed by atoms with Gasteiger partial charge in [-0.3, -0.25) is 14.5 Å². The van der Waals surface area contributed by atoms with Gasteiger partial charge in [0.2, 0.25) is 11.8 Å². The van der Waals surface area contributed by atoms with Crippen LogP contribution in [0.15, 0.2) is 103 Å². The Labute approximate surface area is 176 Å². The Bertz CT molecular complexity index is 1010. The molecule has 3 nitrogen and oxygen atoms in total. The molecule has 0 bridgehead atoms. The third-order valence-corrected chi connectivity index (χ3v) is 6.34. The average molecular weight is 393 g/mol. The number of allylic oxidation sites excluding steroid dienone is 2. The van der Waals surface area contributed by atoms with E-state index in [0.717, 1.165) is 16.7 Å². The van der Waals surface area contributed by atoms with Crippen molar-refractivity contribution in [2.75, 3.05) is 0 Å². The minimum Gasteiger partial charge on any atom is -0.278 e. The van der Waals surface area contributed by atoms with E-state index < -0.39 is 0 Å². The predicted molar refractivity (Wildman–Crippen MR) is 116 cm³/mol. The van der Waals surface area contributed by atoms with Crippen molar-refractivity contribution in [2.24, 2.45) is 11.8 Å². The SMILES string of the molecule is O=C1[C@H]2[C@H](C(=O)N1Cc1ccccc1)[C@H](c1ccccc1)C=C[C@@H]2c1ccccc1. The highest BCUT2D eigenvalue weighted by Crippen LogP contribution is 2.49. The predicted octanol–water partition coefficient (Wildman–Crippen LogP) is 4.93. The number of likely N-dealkylation sites (tertiary alicyclic amines) is 1. The molecule has 0 unspecified atom stereocenters. The second kappa shape index (κ2) is 7.75. The van der Waals surface area contributed by atoms with Gasteiger partial charge in [0.15, 0.2) is 0 Å². The molecule has 3 aromatic rings.